The Kier molecular flexibility index (Phi) is 5.54. The summed E-state index contributed by atoms with van der Waals surface area (Å²) in [5.41, 5.74) is 0.561. The van der Waals surface area contributed by atoms with E-state index >= 15 is 0 Å². The van der Waals surface area contributed by atoms with Gasteiger partial charge in [0.25, 0.3) is 0 Å². The largest absolute Gasteiger partial charge is 0.488 e. The number of amides is 1. The lowest BCUT2D eigenvalue weighted by atomic mass is 9.87. The fourth-order valence-electron chi connectivity index (χ4n) is 2.87. The maximum atomic E-state index is 12.3. The zero-order valence-electron chi connectivity index (χ0n) is 16.4. The van der Waals surface area contributed by atoms with Gasteiger partial charge in [0.1, 0.15) is 23.5 Å². The summed E-state index contributed by atoms with van der Waals surface area (Å²) in [5, 5.41) is 9.44. The van der Waals surface area contributed by atoms with Crippen LogP contribution in [0.3, 0.4) is 0 Å². The summed E-state index contributed by atoms with van der Waals surface area (Å²) < 4.78 is 11.2. The molecule has 6 nitrogen and oxygen atoms in total. The Hall–Kier alpha value is -2.24. The molecule has 0 aromatic heterocycles. The van der Waals surface area contributed by atoms with E-state index in [4.69, 9.17) is 9.47 Å². The third kappa shape index (κ3) is 5.13. The van der Waals surface area contributed by atoms with E-state index in [1.165, 1.54) is 10.5 Å². The van der Waals surface area contributed by atoms with Gasteiger partial charge >= 0.3 is 12.1 Å². The fraction of sp³-hybridized carbons (Fsp3) is 0.600. The molecule has 26 heavy (non-hydrogen) atoms. The molecule has 0 spiro atoms. The van der Waals surface area contributed by atoms with Crippen LogP contribution in [-0.2, 0) is 14.9 Å². The van der Waals surface area contributed by atoms with Crippen molar-refractivity contribution >= 4 is 12.1 Å². The minimum absolute atomic E-state index is 0.0494. The molecule has 0 aliphatic carbocycles. The van der Waals surface area contributed by atoms with Crippen molar-refractivity contribution < 1.29 is 24.2 Å². The van der Waals surface area contributed by atoms with E-state index < -0.39 is 23.7 Å². The first-order valence-electron chi connectivity index (χ1n) is 8.86. The number of carbonyl (C=O) groups excluding carboxylic acids is 1. The van der Waals surface area contributed by atoms with Crippen molar-refractivity contribution in [1.29, 1.82) is 0 Å². The van der Waals surface area contributed by atoms with E-state index in [2.05, 4.69) is 20.8 Å². The van der Waals surface area contributed by atoms with Crippen molar-refractivity contribution in [2.75, 3.05) is 6.54 Å². The van der Waals surface area contributed by atoms with Gasteiger partial charge < -0.3 is 14.6 Å². The number of aliphatic carboxylic acids is 1. The van der Waals surface area contributed by atoms with Crippen LogP contribution in [0.5, 0.6) is 5.75 Å². The molecule has 1 saturated heterocycles. The van der Waals surface area contributed by atoms with Crippen molar-refractivity contribution in [3.63, 3.8) is 0 Å². The van der Waals surface area contributed by atoms with Gasteiger partial charge in [-0.2, -0.15) is 0 Å². The maximum absolute atomic E-state index is 12.3. The van der Waals surface area contributed by atoms with E-state index in [1.54, 1.807) is 20.8 Å². The zero-order chi connectivity index (χ0) is 19.7. The Morgan fingerprint density at radius 1 is 1.08 bits per heavy atom. The molecule has 1 aliphatic rings. The van der Waals surface area contributed by atoms with Gasteiger partial charge in [-0.05, 0) is 43.9 Å². The molecule has 0 saturated carbocycles. The number of rotatable bonds is 3. The summed E-state index contributed by atoms with van der Waals surface area (Å²) >= 11 is 0. The molecule has 1 fully saturated rings. The highest BCUT2D eigenvalue weighted by molar-refractivity contribution is 5.81. The Bertz CT molecular complexity index is 654. The maximum Gasteiger partial charge on any atom is 0.411 e. The van der Waals surface area contributed by atoms with Crippen LogP contribution in [0, 0.1) is 0 Å². The number of ether oxygens (including phenoxy) is 2. The lowest BCUT2D eigenvalue weighted by Gasteiger charge is -2.26. The Morgan fingerprint density at radius 2 is 1.65 bits per heavy atom. The number of carbonyl (C=O) groups is 2. The number of nitrogens with zero attached hydrogens (tertiary/aromatic N) is 1. The van der Waals surface area contributed by atoms with Gasteiger partial charge in [-0.1, -0.05) is 32.9 Å². The monoisotopic (exact) mass is 363 g/mol. The van der Waals surface area contributed by atoms with Crippen LogP contribution in [0.4, 0.5) is 4.79 Å². The first-order valence-corrected chi connectivity index (χ1v) is 8.86. The molecule has 0 radical (unpaired) electrons. The fourth-order valence-corrected chi connectivity index (χ4v) is 2.87. The van der Waals surface area contributed by atoms with Crippen LogP contribution in [0.1, 0.15) is 53.5 Å². The number of hydrogen-bond donors (Lipinski definition) is 1. The highest BCUT2D eigenvalue weighted by atomic mass is 16.6. The van der Waals surface area contributed by atoms with Crippen molar-refractivity contribution in [2.24, 2.45) is 0 Å². The molecule has 0 unspecified atom stereocenters. The van der Waals surface area contributed by atoms with Crippen molar-refractivity contribution in [3.8, 4) is 5.75 Å². The summed E-state index contributed by atoms with van der Waals surface area (Å²) in [4.78, 5) is 25.1. The minimum Gasteiger partial charge on any atom is -0.488 e. The normalized spacial score (nSPS) is 20.8. The van der Waals surface area contributed by atoms with Gasteiger partial charge in [-0.25, -0.2) is 9.59 Å². The molecule has 1 heterocycles. The lowest BCUT2D eigenvalue weighted by molar-refractivity contribution is -0.142. The predicted molar refractivity (Wildman–Crippen MR) is 98.5 cm³/mol. The second-order valence-electron chi connectivity index (χ2n) is 8.74. The van der Waals surface area contributed by atoms with Gasteiger partial charge in [0.2, 0.25) is 0 Å². The smallest absolute Gasteiger partial charge is 0.411 e. The summed E-state index contributed by atoms with van der Waals surface area (Å²) in [6.07, 6.45) is -0.779. The number of carboxylic acids is 1. The van der Waals surface area contributed by atoms with Crippen molar-refractivity contribution in [1.82, 2.24) is 4.90 Å². The van der Waals surface area contributed by atoms with Crippen LogP contribution in [-0.4, -0.2) is 46.4 Å². The number of hydrogen-bond acceptors (Lipinski definition) is 4. The molecule has 1 amide bonds. The van der Waals surface area contributed by atoms with E-state index in [-0.39, 0.29) is 24.5 Å². The van der Waals surface area contributed by atoms with Gasteiger partial charge in [0, 0.05) is 6.42 Å². The van der Waals surface area contributed by atoms with Crippen LogP contribution in [0.2, 0.25) is 0 Å². The molecule has 2 atom stereocenters. The Morgan fingerprint density at radius 3 is 2.12 bits per heavy atom. The Balaban J connectivity index is 2.07. The lowest BCUT2D eigenvalue weighted by Crippen LogP contribution is -2.43. The van der Waals surface area contributed by atoms with Gasteiger partial charge in [-0.15, -0.1) is 0 Å². The Labute approximate surface area is 155 Å². The van der Waals surface area contributed by atoms with Crippen molar-refractivity contribution in [2.45, 2.75) is 71.1 Å². The summed E-state index contributed by atoms with van der Waals surface area (Å²) in [6.45, 7) is 11.8. The average molecular weight is 363 g/mol. The molecule has 6 heteroatoms. The molecule has 0 bridgehead atoms. The van der Waals surface area contributed by atoms with Crippen LogP contribution in [0.25, 0.3) is 0 Å². The summed E-state index contributed by atoms with van der Waals surface area (Å²) in [6, 6.07) is 6.83. The molecular formula is C20H29NO5. The third-order valence-corrected chi connectivity index (χ3v) is 4.20. The molecule has 1 N–H and O–H groups in total. The van der Waals surface area contributed by atoms with Gasteiger partial charge in [0.15, 0.2) is 0 Å². The molecule has 2 rings (SSSR count). The van der Waals surface area contributed by atoms with Crippen LogP contribution >= 0.6 is 0 Å². The highest BCUT2D eigenvalue weighted by Crippen LogP contribution is 2.28. The van der Waals surface area contributed by atoms with Crippen molar-refractivity contribution in [3.05, 3.63) is 29.8 Å². The quantitative estimate of drug-likeness (QED) is 0.883. The second-order valence-corrected chi connectivity index (χ2v) is 8.74. The van der Waals surface area contributed by atoms with Crippen LogP contribution < -0.4 is 4.74 Å². The van der Waals surface area contributed by atoms with E-state index in [0.717, 1.165) is 0 Å². The SMILES string of the molecule is CC(C)(C)OC(=O)N1C[C@@H](Oc2ccc(C(C)(C)C)cc2)C[C@H]1C(=O)O. The highest BCUT2D eigenvalue weighted by Gasteiger charge is 2.42. The average Bonchev–Trinajstić information content (AvgIpc) is 2.89. The molecule has 1 aromatic carbocycles. The minimum atomic E-state index is -1.05. The predicted octanol–water partition coefficient (Wildman–Crippen LogP) is 3.83. The van der Waals surface area contributed by atoms with Crippen LogP contribution in [0.15, 0.2) is 24.3 Å². The van der Waals surface area contributed by atoms with E-state index in [9.17, 15) is 14.7 Å². The van der Waals surface area contributed by atoms with E-state index in [0.29, 0.717) is 5.75 Å². The number of likely N-dealkylation sites (tertiary alicyclic amines) is 1. The zero-order valence-corrected chi connectivity index (χ0v) is 16.4. The summed E-state index contributed by atoms with van der Waals surface area (Å²) in [7, 11) is 0. The van der Waals surface area contributed by atoms with Gasteiger partial charge in [0.05, 0.1) is 6.54 Å². The number of benzene rings is 1. The third-order valence-electron chi connectivity index (χ3n) is 4.20. The topological polar surface area (TPSA) is 76.1 Å². The standard InChI is InChI=1S/C20H29NO5/c1-19(2,3)13-7-9-14(10-8-13)25-15-11-16(17(22)23)21(12-15)18(24)26-20(4,5)6/h7-10,15-16H,11-12H2,1-6H3,(H,22,23)/t15-,16-/m0/s1. The second kappa shape index (κ2) is 7.17. The van der Waals surface area contributed by atoms with Gasteiger partial charge in [-0.3, -0.25) is 4.90 Å². The molecule has 144 valence electrons. The summed E-state index contributed by atoms with van der Waals surface area (Å²) in [5.74, 6) is -0.386. The first kappa shape index (κ1) is 20.1. The molecule has 1 aromatic rings. The molecular weight excluding hydrogens is 334 g/mol. The number of carboxylic acid groups (broad SMARTS) is 1. The van der Waals surface area contributed by atoms with E-state index in [1.807, 2.05) is 24.3 Å². The first-order chi connectivity index (χ1) is 11.9. The molecule has 1 aliphatic heterocycles.